The largest absolute Gasteiger partial charge is 0.484 e. The standard InChI is InChI=1S/C30H35N3O6S/c1-24(30(35)31-17-16-25-8-4-2-5-9-25)33(22-26-10-6-3-7-11-26)29(34)23-39-27-12-14-28(15-13-27)40(36,37)32-18-20-38-21-19-32/h2-15,24H,16-23H2,1H3,(H,31,35)/t24-/m0/s1. The normalized spacial score (nSPS) is 14.7. The molecule has 0 aliphatic carbocycles. The van der Waals surface area contributed by atoms with Gasteiger partial charge in [0.05, 0.1) is 18.1 Å². The fraction of sp³-hybridized carbons (Fsp3) is 0.333. The van der Waals surface area contributed by atoms with Crippen LogP contribution in [0.1, 0.15) is 18.1 Å². The first-order chi connectivity index (χ1) is 19.3. The molecule has 212 valence electrons. The summed E-state index contributed by atoms with van der Waals surface area (Å²) in [6, 6.07) is 24.6. The predicted octanol–water partition coefficient (Wildman–Crippen LogP) is 2.86. The molecule has 0 unspecified atom stereocenters. The number of carbonyl (C=O) groups excluding carboxylic acids is 2. The van der Waals surface area contributed by atoms with Gasteiger partial charge in [-0.1, -0.05) is 60.7 Å². The van der Waals surface area contributed by atoms with Crippen LogP contribution in [0.3, 0.4) is 0 Å². The Morgan fingerprint density at radius 1 is 0.925 bits per heavy atom. The van der Waals surface area contributed by atoms with E-state index in [1.807, 2.05) is 60.7 Å². The molecule has 0 radical (unpaired) electrons. The van der Waals surface area contributed by atoms with Gasteiger partial charge in [-0.3, -0.25) is 9.59 Å². The molecule has 9 nitrogen and oxygen atoms in total. The van der Waals surface area contributed by atoms with E-state index in [-0.39, 0.29) is 29.9 Å². The van der Waals surface area contributed by atoms with Gasteiger partial charge in [0.2, 0.25) is 15.9 Å². The molecule has 10 heteroatoms. The zero-order valence-electron chi connectivity index (χ0n) is 22.6. The van der Waals surface area contributed by atoms with E-state index in [1.165, 1.54) is 33.5 Å². The fourth-order valence-corrected chi connectivity index (χ4v) is 5.76. The van der Waals surface area contributed by atoms with Crippen LogP contribution in [0, 0.1) is 0 Å². The molecule has 1 N–H and O–H groups in total. The van der Waals surface area contributed by atoms with Crippen LogP contribution in [0.5, 0.6) is 5.75 Å². The quantitative estimate of drug-likeness (QED) is 0.362. The van der Waals surface area contributed by atoms with Crippen LogP contribution in [0.2, 0.25) is 0 Å². The maximum Gasteiger partial charge on any atom is 0.261 e. The zero-order chi connectivity index (χ0) is 28.4. The van der Waals surface area contributed by atoms with Crippen molar-refractivity contribution < 1.29 is 27.5 Å². The second kappa shape index (κ2) is 14.1. The highest BCUT2D eigenvalue weighted by atomic mass is 32.2. The third kappa shape index (κ3) is 7.91. The molecule has 40 heavy (non-hydrogen) atoms. The molecule has 4 rings (SSSR count). The minimum atomic E-state index is -3.63. The Morgan fingerprint density at radius 3 is 2.15 bits per heavy atom. The first-order valence-corrected chi connectivity index (χ1v) is 14.7. The number of rotatable bonds is 12. The minimum Gasteiger partial charge on any atom is -0.484 e. The Kier molecular flexibility index (Phi) is 10.3. The Hall–Kier alpha value is -3.73. The maximum absolute atomic E-state index is 13.3. The van der Waals surface area contributed by atoms with Crippen molar-refractivity contribution in [3.05, 3.63) is 96.1 Å². The van der Waals surface area contributed by atoms with Gasteiger partial charge in [-0.2, -0.15) is 4.31 Å². The van der Waals surface area contributed by atoms with Crippen LogP contribution in [0.4, 0.5) is 0 Å². The highest BCUT2D eigenvalue weighted by Crippen LogP contribution is 2.21. The van der Waals surface area contributed by atoms with Gasteiger partial charge in [0.1, 0.15) is 11.8 Å². The monoisotopic (exact) mass is 565 g/mol. The second-order valence-electron chi connectivity index (χ2n) is 9.49. The molecule has 0 bridgehead atoms. The molecule has 1 saturated heterocycles. The van der Waals surface area contributed by atoms with Crippen molar-refractivity contribution in [1.29, 1.82) is 0 Å². The van der Waals surface area contributed by atoms with Gasteiger partial charge in [0.15, 0.2) is 6.61 Å². The van der Waals surface area contributed by atoms with Crippen LogP contribution in [-0.4, -0.2) is 74.9 Å². The van der Waals surface area contributed by atoms with Gasteiger partial charge in [0.25, 0.3) is 5.91 Å². The SMILES string of the molecule is C[C@@H](C(=O)NCCc1ccccc1)N(Cc1ccccc1)C(=O)COc1ccc(S(=O)(=O)N2CCOCC2)cc1. The molecule has 0 aromatic heterocycles. The molecule has 3 aromatic rings. The molecular weight excluding hydrogens is 530 g/mol. The van der Waals surface area contributed by atoms with E-state index in [2.05, 4.69) is 5.32 Å². The van der Waals surface area contributed by atoms with Gasteiger partial charge in [0, 0.05) is 26.2 Å². The Balaban J connectivity index is 1.37. The lowest BCUT2D eigenvalue weighted by atomic mass is 10.1. The van der Waals surface area contributed by atoms with Gasteiger partial charge >= 0.3 is 0 Å². The molecule has 1 aliphatic heterocycles. The van der Waals surface area contributed by atoms with E-state index in [0.29, 0.717) is 45.0 Å². The minimum absolute atomic E-state index is 0.152. The van der Waals surface area contributed by atoms with Crippen molar-refractivity contribution in [2.24, 2.45) is 0 Å². The third-order valence-corrected chi connectivity index (χ3v) is 8.63. The van der Waals surface area contributed by atoms with Crippen molar-refractivity contribution in [3.8, 4) is 5.75 Å². The summed E-state index contributed by atoms with van der Waals surface area (Å²) in [5, 5.41) is 2.93. The van der Waals surface area contributed by atoms with Crippen LogP contribution in [0.15, 0.2) is 89.8 Å². The number of carbonyl (C=O) groups is 2. The van der Waals surface area contributed by atoms with Crippen LogP contribution >= 0.6 is 0 Å². The van der Waals surface area contributed by atoms with Crippen LogP contribution < -0.4 is 10.1 Å². The number of ether oxygens (including phenoxy) is 2. The molecule has 3 aromatic carbocycles. The second-order valence-corrected chi connectivity index (χ2v) is 11.4. The summed E-state index contributed by atoms with van der Waals surface area (Å²) in [7, 11) is -3.63. The lowest BCUT2D eigenvalue weighted by Gasteiger charge is -2.29. The molecule has 2 amide bonds. The summed E-state index contributed by atoms with van der Waals surface area (Å²) in [5.41, 5.74) is 2.00. The average Bonchev–Trinajstić information content (AvgIpc) is 3.00. The Labute approximate surface area is 235 Å². The summed E-state index contributed by atoms with van der Waals surface area (Å²) in [5.74, 6) is -0.258. The van der Waals surface area contributed by atoms with E-state index < -0.39 is 16.1 Å². The molecule has 1 atom stereocenters. The summed E-state index contributed by atoms with van der Waals surface area (Å²) in [6.07, 6.45) is 0.687. The van der Waals surface area contributed by atoms with Crippen molar-refractivity contribution >= 4 is 21.8 Å². The van der Waals surface area contributed by atoms with Crippen LogP contribution in [0.25, 0.3) is 0 Å². The fourth-order valence-electron chi connectivity index (χ4n) is 4.36. The number of benzene rings is 3. The van der Waals surface area contributed by atoms with E-state index in [0.717, 1.165) is 11.1 Å². The van der Waals surface area contributed by atoms with E-state index >= 15 is 0 Å². The number of nitrogens with one attached hydrogen (secondary N) is 1. The molecule has 1 heterocycles. The number of morpholine rings is 1. The highest BCUT2D eigenvalue weighted by molar-refractivity contribution is 7.89. The summed E-state index contributed by atoms with van der Waals surface area (Å²) < 4.78 is 38.1. The van der Waals surface area contributed by atoms with Gasteiger partial charge in [-0.25, -0.2) is 8.42 Å². The van der Waals surface area contributed by atoms with Crippen LogP contribution in [-0.2, 0) is 37.3 Å². The number of sulfonamides is 1. The average molecular weight is 566 g/mol. The van der Waals surface area contributed by atoms with Gasteiger partial charge in [-0.05, 0) is 48.7 Å². The predicted molar refractivity (Wildman–Crippen MR) is 151 cm³/mol. The number of hydrogen-bond acceptors (Lipinski definition) is 6. The lowest BCUT2D eigenvalue weighted by molar-refractivity contribution is -0.142. The summed E-state index contributed by atoms with van der Waals surface area (Å²) >= 11 is 0. The van der Waals surface area contributed by atoms with Gasteiger partial charge < -0.3 is 19.7 Å². The molecule has 1 fully saturated rings. The number of hydrogen-bond donors (Lipinski definition) is 1. The summed E-state index contributed by atoms with van der Waals surface area (Å²) in [4.78, 5) is 27.9. The molecule has 0 spiro atoms. The maximum atomic E-state index is 13.3. The van der Waals surface area contributed by atoms with E-state index in [1.54, 1.807) is 6.92 Å². The van der Waals surface area contributed by atoms with Crippen molar-refractivity contribution in [3.63, 3.8) is 0 Å². The molecule has 1 aliphatic rings. The third-order valence-electron chi connectivity index (χ3n) is 6.71. The Morgan fingerprint density at radius 2 is 1.52 bits per heavy atom. The molecule has 0 saturated carbocycles. The Bertz CT molecular complexity index is 1350. The van der Waals surface area contributed by atoms with Crippen molar-refractivity contribution in [2.45, 2.75) is 30.8 Å². The lowest BCUT2D eigenvalue weighted by Crippen LogP contribution is -2.49. The van der Waals surface area contributed by atoms with Crippen molar-refractivity contribution in [1.82, 2.24) is 14.5 Å². The topological polar surface area (TPSA) is 105 Å². The first kappa shape index (κ1) is 29.3. The van der Waals surface area contributed by atoms with Crippen molar-refractivity contribution in [2.75, 3.05) is 39.5 Å². The first-order valence-electron chi connectivity index (χ1n) is 13.3. The summed E-state index contributed by atoms with van der Waals surface area (Å²) in [6.45, 7) is 3.45. The van der Waals surface area contributed by atoms with Gasteiger partial charge in [-0.15, -0.1) is 0 Å². The highest BCUT2D eigenvalue weighted by Gasteiger charge is 2.28. The smallest absolute Gasteiger partial charge is 0.261 e. The van der Waals surface area contributed by atoms with E-state index in [9.17, 15) is 18.0 Å². The zero-order valence-corrected chi connectivity index (χ0v) is 23.4. The number of nitrogens with zero attached hydrogens (tertiary/aromatic N) is 2. The molecular formula is C30H35N3O6S. The van der Waals surface area contributed by atoms with E-state index in [4.69, 9.17) is 9.47 Å². The number of amides is 2.